The highest BCUT2D eigenvalue weighted by molar-refractivity contribution is 7.90. The van der Waals surface area contributed by atoms with Gasteiger partial charge in [-0.3, -0.25) is 10.1 Å². The molecule has 0 amide bonds. The Labute approximate surface area is 168 Å². The summed E-state index contributed by atoms with van der Waals surface area (Å²) in [5, 5.41) is 7.15. The van der Waals surface area contributed by atoms with E-state index in [0.29, 0.717) is 17.5 Å². The van der Waals surface area contributed by atoms with Crippen LogP contribution in [-0.4, -0.2) is 29.9 Å². The Morgan fingerprint density at radius 1 is 0.966 bits per heavy atom. The molecule has 0 saturated heterocycles. The predicted molar refractivity (Wildman–Crippen MR) is 110 cm³/mol. The minimum absolute atomic E-state index is 0.199. The zero-order valence-electron chi connectivity index (χ0n) is 15.6. The van der Waals surface area contributed by atoms with Gasteiger partial charge in [0.2, 0.25) is 0 Å². The second-order valence-corrected chi connectivity index (χ2v) is 8.77. The van der Waals surface area contributed by atoms with E-state index in [4.69, 9.17) is 0 Å². The van der Waals surface area contributed by atoms with Gasteiger partial charge in [-0.2, -0.15) is 5.10 Å². The summed E-state index contributed by atoms with van der Waals surface area (Å²) >= 11 is 0. The molecule has 0 radical (unpaired) electrons. The average Bonchev–Trinajstić information content (AvgIpc) is 3.17. The van der Waals surface area contributed by atoms with Gasteiger partial charge in [0.25, 0.3) is 0 Å². The maximum Gasteiger partial charge on any atom is 0.175 e. The molecular formula is C22H18FN3O2S. The molecule has 2 aromatic heterocycles. The number of pyridine rings is 1. The Hall–Kier alpha value is -3.32. The third-order valence-electron chi connectivity index (χ3n) is 4.67. The minimum Gasteiger partial charge on any atom is -0.282 e. The van der Waals surface area contributed by atoms with E-state index in [1.165, 1.54) is 18.2 Å². The molecule has 0 fully saturated rings. The van der Waals surface area contributed by atoms with E-state index in [0.717, 1.165) is 28.8 Å². The third-order valence-corrected chi connectivity index (χ3v) is 5.80. The van der Waals surface area contributed by atoms with Crippen LogP contribution in [-0.2, 0) is 16.3 Å². The molecule has 146 valence electrons. The quantitative estimate of drug-likeness (QED) is 0.536. The standard InChI is InChI=1S/C22H18FN3O2S/c1-29(27,28)18-8-5-15(6-9-18)19-12-16(7-10-21(19)23)20-14-25-26-22(20)13-17-4-2-3-11-24-17/h2-12,14H,13H2,1H3,(H,25,26). The zero-order valence-corrected chi connectivity index (χ0v) is 16.4. The highest BCUT2D eigenvalue weighted by Gasteiger charge is 2.14. The van der Waals surface area contributed by atoms with E-state index in [1.807, 2.05) is 18.2 Å². The summed E-state index contributed by atoms with van der Waals surface area (Å²) in [6.07, 6.45) is 5.17. The maximum atomic E-state index is 14.5. The Morgan fingerprint density at radius 3 is 2.41 bits per heavy atom. The van der Waals surface area contributed by atoms with Crippen LogP contribution in [0, 0.1) is 5.82 Å². The number of aromatic nitrogens is 3. The number of rotatable bonds is 5. The van der Waals surface area contributed by atoms with E-state index in [1.54, 1.807) is 36.7 Å². The van der Waals surface area contributed by atoms with Crippen molar-refractivity contribution in [3.05, 3.63) is 90.3 Å². The topological polar surface area (TPSA) is 75.7 Å². The van der Waals surface area contributed by atoms with Gasteiger partial charge in [-0.25, -0.2) is 12.8 Å². The fourth-order valence-corrected chi connectivity index (χ4v) is 3.81. The van der Waals surface area contributed by atoms with E-state index in [-0.39, 0.29) is 10.7 Å². The number of halogens is 1. The summed E-state index contributed by atoms with van der Waals surface area (Å²) in [6.45, 7) is 0. The lowest BCUT2D eigenvalue weighted by Gasteiger charge is -2.09. The fraction of sp³-hybridized carbons (Fsp3) is 0.0909. The van der Waals surface area contributed by atoms with E-state index >= 15 is 0 Å². The molecule has 0 bridgehead atoms. The maximum absolute atomic E-state index is 14.5. The number of nitrogens with zero attached hydrogens (tertiary/aromatic N) is 2. The molecule has 0 atom stereocenters. The van der Waals surface area contributed by atoms with E-state index in [2.05, 4.69) is 15.2 Å². The van der Waals surface area contributed by atoms with Gasteiger partial charge in [0.1, 0.15) is 5.82 Å². The average molecular weight is 407 g/mol. The first-order valence-corrected chi connectivity index (χ1v) is 10.8. The summed E-state index contributed by atoms with van der Waals surface area (Å²) in [5.41, 5.74) is 4.46. The predicted octanol–water partition coefficient (Wildman–Crippen LogP) is 4.27. The molecule has 0 unspecified atom stereocenters. The van der Waals surface area contributed by atoms with Crippen molar-refractivity contribution in [2.45, 2.75) is 11.3 Å². The molecule has 0 spiro atoms. The van der Waals surface area contributed by atoms with Gasteiger partial charge in [-0.05, 0) is 47.5 Å². The molecule has 29 heavy (non-hydrogen) atoms. The van der Waals surface area contributed by atoms with Gasteiger partial charge in [0, 0.05) is 41.4 Å². The van der Waals surface area contributed by atoms with Crippen LogP contribution >= 0.6 is 0 Å². The molecule has 4 rings (SSSR count). The lowest BCUT2D eigenvalue weighted by Crippen LogP contribution is -1.97. The van der Waals surface area contributed by atoms with Crippen LogP contribution in [0.4, 0.5) is 4.39 Å². The highest BCUT2D eigenvalue weighted by Crippen LogP contribution is 2.31. The Kier molecular flexibility index (Phi) is 4.98. The highest BCUT2D eigenvalue weighted by atomic mass is 32.2. The Bertz CT molecular complexity index is 1250. The second kappa shape index (κ2) is 7.60. The van der Waals surface area contributed by atoms with Crippen LogP contribution in [0.3, 0.4) is 0 Å². The first-order chi connectivity index (χ1) is 13.9. The van der Waals surface area contributed by atoms with Gasteiger partial charge in [0.05, 0.1) is 11.1 Å². The van der Waals surface area contributed by atoms with Crippen molar-refractivity contribution >= 4 is 9.84 Å². The molecule has 0 aliphatic carbocycles. The summed E-state index contributed by atoms with van der Waals surface area (Å²) in [5.74, 6) is -0.379. The van der Waals surface area contributed by atoms with Crippen molar-refractivity contribution in [2.75, 3.05) is 6.26 Å². The second-order valence-electron chi connectivity index (χ2n) is 6.75. The smallest absolute Gasteiger partial charge is 0.175 e. The monoisotopic (exact) mass is 407 g/mol. The summed E-state index contributed by atoms with van der Waals surface area (Å²) in [7, 11) is -3.30. The zero-order chi connectivity index (χ0) is 20.4. The summed E-state index contributed by atoms with van der Waals surface area (Å²) in [6, 6.07) is 16.8. The molecule has 1 N–H and O–H groups in total. The van der Waals surface area contributed by atoms with Crippen molar-refractivity contribution in [2.24, 2.45) is 0 Å². The van der Waals surface area contributed by atoms with E-state index in [9.17, 15) is 12.8 Å². The lowest BCUT2D eigenvalue weighted by atomic mass is 9.98. The van der Waals surface area contributed by atoms with Crippen LogP contribution in [0.15, 0.2) is 78.0 Å². The van der Waals surface area contributed by atoms with Crippen molar-refractivity contribution in [1.29, 1.82) is 0 Å². The molecule has 0 aliphatic heterocycles. The van der Waals surface area contributed by atoms with Crippen LogP contribution in [0.5, 0.6) is 0 Å². The molecule has 0 aliphatic rings. The Balaban J connectivity index is 1.71. The SMILES string of the molecule is CS(=O)(=O)c1ccc(-c2cc(-c3cn[nH]c3Cc3ccccn3)ccc2F)cc1. The molecule has 5 nitrogen and oxygen atoms in total. The largest absolute Gasteiger partial charge is 0.282 e. The fourth-order valence-electron chi connectivity index (χ4n) is 3.18. The number of nitrogens with one attached hydrogen (secondary N) is 1. The number of H-pyrrole nitrogens is 1. The number of hydrogen-bond acceptors (Lipinski definition) is 4. The first kappa shape index (κ1) is 19.0. The van der Waals surface area contributed by atoms with Gasteiger partial charge >= 0.3 is 0 Å². The number of hydrogen-bond donors (Lipinski definition) is 1. The number of benzene rings is 2. The van der Waals surface area contributed by atoms with Crippen molar-refractivity contribution < 1.29 is 12.8 Å². The number of sulfone groups is 1. The number of aromatic amines is 1. The molecule has 4 aromatic rings. The van der Waals surface area contributed by atoms with Crippen molar-refractivity contribution in [3.8, 4) is 22.3 Å². The van der Waals surface area contributed by atoms with Gasteiger partial charge < -0.3 is 0 Å². The molecule has 2 heterocycles. The lowest BCUT2D eigenvalue weighted by molar-refractivity contribution is 0.602. The van der Waals surface area contributed by atoms with Gasteiger partial charge in [-0.1, -0.05) is 24.3 Å². The minimum atomic E-state index is -3.30. The first-order valence-electron chi connectivity index (χ1n) is 8.94. The summed E-state index contributed by atoms with van der Waals surface area (Å²) < 4.78 is 37.8. The van der Waals surface area contributed by atoms with Crippen LogP contribution in [0.1, 0.15) is 11.4 Å². The molecule has 2 aromatic carbocycles. The van der Waals surface area contributed by atoms with Gasteiger partial charge in [0.15, 0.2) is 9.84 Å². The molecule has 7 heteroatoms. The van der Waals surface area contributed by atoms with Crippen molar-refractivity contribution in [3.63, 3.8) is 0 Å². The molecule has 0 saturated carbocycles. The van der Waals surface area contributed by atoms with Crippen LogP contribution in [0.25, 0.3) is 22.3 Å². The summed E-state index contributed by atoms with van der Waals surface area (Å²) in [4.78, 5) is 4.54. The van der Waals surface area contributed by atoms with E-state index < -0.39 is 9.84 Å². The Morgan fingerprint density at radius 2 is 1.72 bits per heavy atom. The van der Waals surface area contributed by atoms with Crippen LogP contribution < -0.4 is 0 Å². The third kappa shape index (κ3) is 4.09. The normalized spacial score (nSPS) is 11.5. The van der Waals surface area contributed by atoms with Crippen molar-refractivity contribution in [1.82, 2.24) is 15.2 Å². The van der Waals surface area contributed by atoms with Gasteiger partial charge in [-0.15, -0.1) is 0 Å². The van der Waals surface area contributed by atoms with Crippen LogP contribution in [0.2, 0.25) is 0 Å². The molecular weight excluding hydrogens is 389 g/mol.